The minimum atomic E-state index is -0.633. The maximum atomic E-state index is 12.4. The van der Waals surface area contributed by atoms with Gasteiger partial charge in [-0.05, 0) is 37.7 Å². The number of carbonyl (C=O) groups is 1. The van der Waals surface area contributed by atoms with E-state index in [4.69, 9.17) is 0 Å². The van der Waals surface area contributed by atoms with Gasteiger partial charge < -0.3 is 10.0 Å². The van der Waals surface area contributed by atoms with Gasteiger partial charge in [-0.25, -0.2) is 0 Å². The largest absolute Gasteiger partial charge is 0.386 e. The molecule has 1 aromatic heterocycles. The highest BCUT2D eigenvalue weighted by molar-refractivity contribution is 7.10. The molecule has 1 amide bonds. The zero-order chi connectivity index (χ0) is 12.8. The van der Waals surface area contributed by atoms with Crippen molar-refractivity contribution in [1.82, 2.24) is 4.90 Å². The normalized spacial score (nSPS) is 21.3. The molecule has 4 heteroatoms. The zero-order valence-electron chi connectivity index (χ0n) is 10.7. The topological polar surface area (TPSA) is 40.5 Å². The molecule has 1 saturated heterocycles. The summed E-state index contributed by atoms with van der Waals surface area (Å²) in [5.74, 6) is 0.118. The smallest absolute Gasteiger partial charge is 0.255 e. The first-order chi connectivity index (χ1) is 8.63. The lowest BCUT2D eigenvalue weighted by Gasteiger charge is -2.46. The van der Waals surface area contributed by atoms with Crippen LogP contribution in [-0.4, -0.2) is 34.6 Å². The third-order valence-corrected chi connectivity index (χ3v) is 5.30. The molecule has 0 bridgehead atoms. The monoisotopic (exact) mass is 265 g/mol. The molecule has 0 atom stereocenters. The molecule has 0 radical (unpaired) electrons. The Bertz CT molecular complexity index is 474. The summed E-state index contributed by atoms with van der Waals surface area (Å²) in [6.45, 7) is 2.95. The molecule has 0 unspecified atom stereocenters. The highest BCUT2D eigenvalue weighted by atomic mass is 32.1. The average molecular weight is 265 g/mol. The molecule has 2 heterocycles. The minimum Gasteiger partial charge on any atom is -0.386 e. The van der Waals surface area contributed by atoms with E-state index in [2.05, 4.69) is 0 Å². The molecule has 98 valence electrons. The molecule has 0 aromatic carbocycles. The second-order valence-electron chi connectivity index (χ2n) is 5.50. The molecule has 3 nitrogen and oxygen atoms in total. The summed E-state index contributed by atoms with van der Waals surface area (Å²) in [5, 5.41) is 12.0. The van der Waals surface area contributed by atoms with Crippen LogP contribution < -0.4 is 0 Å². The van der Waals surface area contributed by atoms with Gasteiger partial charge in [-0.2, -0.15) is 0 Å². The first-order valence-electron chi connectivity index (χ1n) is 6.74. The van der Waals surface area contributed by atoms with Crippen LogP contribution in [0.4, 0.5) is 0 Å². The predicted molar refractivity (Wildman–Crippen MR) is 72.1 cm³/mol. The van der Waals surface area contributed by atoms with Crippen LogP contribution in [-0.2, 0) is 12.8 Å². The van der Waals surface area contributed by atoms with E-state index >= 15 is 0 Å². The van der Waals surface area contributed by atoms with Crippen molar-refractivity contribution in [3.05, 3.63) is 21.4 Å². The van der Waals surface area contributed by atoms with Crippen LogP contribution in [0.5, 0.6) is 0 Å². The van der Waals surface area contributed by atoms with Crippen LogP contribution in [0.25, 0.3) is 0 Å². The van der Waals surface area contributed by atoms with Crippen molar-refractivity contribution in [2.45, 2.75) is 44.6 Å². The number of carbonyl (C=O) groups excluding carboxylic acids is 1. The molecule has 3 rings (SSSR count). The van der Waals surface area contributed by atoms with Crippen molar-refractivity contribution < 1.29 is 9.90 Å². The highest BCUT2D eigenvalue weighted by Crippen LogP contribution is 2.33. The summed E-state index contributed by atoms with van der Waals surface area (Å²) < 4.78 is 0. The predicted octanol–water partition coefficient (Wildman–Crippen LogP) is 2.22. The van der Waals surface area contributed by atoms with Crippen molar-refractivity contribution in [1.29, 1.82) is 0 Å². The lowest BCUT2D eigenvalue weighted by molar-refractivity contribution is -0.0826. The van der Waals surface area contributed by atoms with Crippen LogP contribution in [0.3, 0.4) is 0 Å². The van der Waals surface area contributed by atoms with Crippen LogP contribution in [0.2, 0.25) is 0 Å². The molecular weight excluding hydrogens is 246 g/mol. The van der Waals surface area contributed by atoms with Crippen LogP contribution in [0, 0.1) is 0 Å². The maximum Gasteiger partial charge on any atom is 0.255 e. The number of fused-ring (bicyclic) bond motifs is 1. The number of likely N-dealkylation sites (tertiary alicyclic amines) is 1. The fourth-order valence-electron chi connectivity index (χ4n) is 2.88. The third-order valence-electron chi connectivity index (χ3n) is 4.21. The Morgan fingerprint density at radius 3 is 2.89 bits per heavy atom. The number of aryl methyl sites for hydroxylation is 1. The van der Waals surface area contributed by atoms with Crippen molar-refractivity contribution >= 4 is 17.2 Å². The first-order valence-corrected chi connectivity index (χ1v) is 7.62. The zero-order valence-corrected chi connectivity index (χ0v) is 11.6. The standard InChI is InChI=1S/C14H19NO2S/c1-2-14(17)8-15(9-14)13(16)11-7-18-12-6-4-3-5-10(11)12/h7,17H,2-6,8-9H2,1H3. The van der Waals surface area contributed by atoms with E-state index in [1.165, 1.54) is 23.3 Å². The van der Waals surface area contributed by atoms with E-state index in [1.807, 2.05) is 12.3 Å². The molecule has 1 fully saturated rings. The number of nitrogens with zero attached hydrogens (tertiary/aromatic N) is 1. The molecule has 18 heavy (non-hydrogen) atoms. The summed E-state index contributed by atoms with van der Waals surface area (Å²) in [6, 6.07) is 0. The Labute approximate surface area is 111 Å². The fourth-order valence-corrected chi connectivity index (χ4v) is 3.99. The summed E-state index contributed by atoms with van der Waals surface area (Å²) in [5.41, 5.74) is 1.54. The van der Waals surface area contributed by atoms with Crippen molar-refractivity contribution in [3.63, 3.8) is 0 Å². The number of thiophene rings is 1. The van der Waals surface area contributed by atoms with Gasteiger partial charge in [0.25, 0.3) is 5.91 Å². The molecule has 2 aliphatic rings. The molecule has 1 aliphatic carbocycles. The fraction of sp³-hybridized carbons (Fsp3) is 0.643. The van der Waals surface area contributed by atoms with Gasteiger partial charge in [0, 0.05) is 10.3 Å². The Morgan fingerprint density at radius 1 is 1.44 bits per heavy atom. The molecule has 1 aliphatic heterocycles. The average Bonchev–Trinajstić information content (AvgIpc) is 2.78. The molecular formula is C14H19NO2S. The molecule has 0 spiro atoms. The number of amides is 1. The lowest BCUT2D eigenvalue weighted by Crippen LogP contribution is -2.63. The van der Waals surface area contributed by atoms with Gasteiger partial charge >= 0.3 is 0 Å². The summed E-state index contributed by atoms with van der Waals surface area (Å²) in [6.07, 6.45) is 5.35. The first kappa shape index (κ1) is 12.2. The van der Waals surface area contributed by atoms with Gasteiger partial charge in [0.15, 0.2) is 0 Å². The quantitative estimate of drug-likeness (QED) is 0.890. The number of hydrogen-bond acceptors (Lipinski definition) is 3. The van der Waals surface area contributed by atoms with Gasteiger partial charge in [-0.3, -0.25) is 4.79 Å². The Morgan fingerprint density at radius 2 is 2.17 bits per heavy atom. The summed E-state index contributed by atoms with van der Waals surface area (Å²) >= 11 is 1.73. The minimum absolute atomic E-state index is 0.118. The van der Waals surface area contributed by atoms with Gasteiger partial charge in [0.2, 0.25) is 0 Å². The molecule has 1 N–H and O–H groups in total. The lowest BCUT2D eigenvalue weighted by atomic mass is 9.89. The van der Waals surface area contributed by atoms with E-state index in [-0.39, 0.29) is 5.91 Å². The Kier molecular flexibility index (Phi) is 2.94. The van der Waals surface area contributed by atoms with E-state index < -0.39 is 5.60 Å². The molecule has 1 aromatic rings. The number of rotatable bonds is 2. The van der Waals surface area contributed by atoms with Gasteiger partial charge in [0.1, 0.15) is 0 Å². The van der Waals surface area contributed by atoms with E-state index in [9.17, 15) is 9.90 Å². The summed E-state index contributed by atoms with van der Waals surface area (Å²) in [4.78, 5) is 15.6. The van der Waals surface area contributed by atoms with Gasteiger partial charge in [-0.1, -0.05) is 6.92 Å². The highest BCUT2D eigenvalue weighted by Gasteiger charge is 2.42. The van der Waals surface area contributed by atoms with Crippen molar-refractivity contribution in [2.75, 3.05) is 13.1 Å². The van der Waals surface area contributed by atoms with Crippen molar-refractivity contribution in [3.8, 4) is 0 Å². The van der Waals surface area contributed by atoms with Crippen LogP contribution in [0.15, 0.2) is 5.38 Å². The van der Waals surface area contributed by atoms with Gasteiger partial charge in [0.05, 0.1) is 24.3 Å². The Balaban J connectivity index is 1.76. The maximum absolute atomic E-state index is 12.4. The number of aliphatic hydroxyl groups is 1. The van der Waals surface area contributed by atoms with E-state index in [0.29, 0.717) is 13.1 Å². The van der Waals surface area contributed by atoms with Gasteiger partial charge in [-0.15, -0.1) is 11.3 Å². The SMILES string of the molecule is CCC1(O)CN(C(=O)c2csc3c2CCCC3)C1. The summed E-state index contributed by atoms with van der Waals surface area (Å²) in [7, 11) is 0. The second-order valence-corrected chi connectivity index (χ2v) is 6.46. The van der Waals surface area contributed by atoms with Crippen LogP contribution in [0.1, 0.15) is 47.0 Å². The van der Waals surface area contributed by atoms with E-state index in [0.717, 1.165) is 24.8 Å². The second kappa shape index (κ2) is 4.35. The number of hydrogen-bond donors (Lipinski definition) is 1. The third kappa shape index (κ3) is 1.88. The van der Waals surface area contributed by atoms with Crippen LogP contribution >= 0.6 is 11.3 Å². The molecule has 0 saturated carbocycles. The van der Waals surface area contributed by atoms with Crippen molar-refractivity contribution in [2.24, 2.45) is 0 Å². The Hall–Kier alpha value is -0.870. The van der Waals surface area contributed by atoms with E-state index in [1.54, 1.807) is 16.2 Å². The number of β-amino-alcohol motifs (C(OH)–C–C–N with tert-alkyl or cyclic N) is 1.